The Hall–Kier alpha value is -1.81. The summed E-state index contributed by atoms with van der Waals surface area (Å²) < 4.78 is 5.46. The Morgan fingerprint density at radius 1 is 1.31 bits per heavy atom. The topological polar surface area (TPSA) is 38.1 Å². The van der Waals surface area contributed by atoms with Crippen LogP contribution in [0.3, 0.4) is 0 Å². The van der Waals surface area contributed by atoms with Gasteiger partial charge in [0.05, 0.1) is 6.26 Å². The number of nitrogens with one attached hydrogen (secondary N) is 1. The second kappa shape index (κ2) is 3.98. The molecule has 0 amide bonds. The fourth-order valence-corrected chi connectivity index (χ4v) is 2.18. The Labute approximate surface area is 96.7 Å². The Balaban J connectivity index is 1.84. The minimum Gasteiger partial charge on any atom is -0.464 e. The van der Waals surface area contributed by atoms with Crippen molar-refractivity contribution >= 4 is 27.4 Å². The van der Waals surface area contributed by atoms with E-state index in [9.17, 15) is 0 Å². The van der Waals surface area contributed by atoms with Gasteiger partial charge in [-0.3, -0.25) is 0 Å². The summed E-state index contributed by atoms with van der Waals surface area (Å²) in [6.45, 7) is 0.741. The second-order valence-corrected chi connectivity index (χ2v) is 4.34. The zero-order chi connectivity index (χ0) is 10.8. The molecule has 0 aliphatic heterocycles. The van der Waals surface area contributed by atoms with Gasteiger partial charge >= 0.3 is 0 Å². The van der Waals surface area contributed by atoms with Gasteiger partial charge in [-0.15, -0.1) is 11.3 Å². The Morgan fingerprint density at radius 3 is 3.12 bits per heavy atom. The van der Waals surface area contributed by atoms with E-state index in [1.54, 1.807) is 23.8 Å². The average molecular weight is 230 g/mol. The number of hydrogen-bond donors (Lipinski definition) is 1. The summed E-state index contributed by atoms with van der Waals surface area (Å²) in [5.41, 5.74) is 2.09. The van der Waals surface area contributed by atoms with Crippen molar-refractivity contribution in [1.29, 1.82) is 0 Å². The van der Waals surface area contributed by atoms with E-state index in [0.29, 0.717) is 0 Å². The highest BCUT2D eigenvalue weighted by Gasteiger charge is 2.04. The molecule has 0 bridgehead atoms. The fraction of sp³-hybridized carbons (Fsp3) is 0.0833. The standard InChI is InChI=1S/C12H10N2OS/c1-2-4-11-10(3-1)9(8-15-11)7-14-12-13-5-6-16-12/h1-6,8H,7H2,(H,13,14). The minimum atomic E-state index is 0.741. The maximum atomic E-state index is 5.46. The van der Waals surface area contributed by atoms with Crippen LogP contribution in [0, 0.1) is 0 Å². The smallest absolute Gasteiger partial charge is 0.182 e. The third-order valence-electron chi connectivity index (χ3n) is 2.42. The summed E-state index contributed by atoms with van der Waals surface area (Å²) >= 11 is 1.60. The summed E-state index contributed by atoms with van der Waals surface area (Å²) in [6.07, 6.45) is 3.59. The van der Waals surface area contributed by atoms with Crippen molar-refractivity contribution in [3.05, 3.63) is 47.7 Å². The van der Waals surface area contributed by atoms with Crippen LogP contribution >= 0.6 is 11.3 Å². The largest absolute Gasteiger partial charge is 0.464 e. The van der Waals surface area contributed by atoms with Gasteiger partial charge in [-0.2, -0.15) is 0 Å². The molecule has 0 radical (unpaired) electrons. The van der Waals surface area contributed by atoms with Crippen LogP contribution in [0.1, 0.15) is 5.56 Å². The Kier molecular flexibility index (Phi) is 2.34. The van der Waals surface area contributed by atoms with Gasteiger partial charge < -0.3 is 9.73 Å². The quantitative estimate of drug-likeness (QED) is 0.748. The molecule has 1 aromatic carbocycles. The molecule has 0 atom stereocenters. The number of benzene rings is 1. The number of aromatic nitrogens is 1. The van der Waals surface area contributed by atoms with Crippen molar-refractivity contribution in [2.75, 3.05) is 5.32 Å². The van der Waals surface area contributed by atoms with Crippen molar-refractivity contribution in [3.63, 3.8) is 0 Å². The van der Waals surface area contributed by atoms with Gasteiger partial charge in [-0.05, 0) is 6.07 Å². The lowest BCUT2D eigenvalue weighted by molar-refractivity contribution is 0.611. The number of rotatable bonds is 3. The van der Waals surface area contributed by atoms with E-state index >= 15 is 0 Å². The van der Waals surface area contributed by atoms with Crippen LogP contribution in [-0.2, 0) is 6.54 Å². The zero-order valence-corrected chi connectivity index (χ0v) is 9.33. The lowest BCUT2D eigenvalue weighted by Crippen LogP contribution is -1.97. The molecule has 0 unspecified atom stereocenters. The van der Waals surface area contributed by atoms with Crippen LogP contribution in [0.25, 0.3) is 11.0 Å². The first kappa shape index (κ1) is 9.42. The SMILES string of the molecule is c1ccc2c(CNc3nccs3)coc2c1. The molecule has 1 N–H and O–H groups in total. The summed E-state index contributed by atoms with van der Waals surface area (Å²) in [7, 11) is 0. The number of hydrogen-bond acceptors (Lipinski definition) is 4. The predicted octanol–water partition coefficient (Wildman–Crippen LogP) is 3.50. The summed E-state index contributed by atoms with van der Waals surface area (Å²) in [5.74, 6) is 0. The van der Waals surface area contributed by atoms with Gasteiger partial charge in [0.25, 0.3) is 0 Å². The van der Waals surface area contributed by atoms with E-state index in [1.165, 1.54) is 0 Å². The first-order valence-corrected chi connectivity index (χ1v) is 5.90. The van der Waals surface area contributed by atoms with Crippen LogP contribution in [0.15, 0.2) is 46.5 Å². The normalized spacial score (nSPS) is 10.8. The molecule has 3 rings (SSSR count). The highest BCUT2D eigenvalue weighted by Crippen LogP contribution is 2.22. The first-order valence-electron chi connectivity index (χ1n) is 5.02. The molecule has 3 nitrogen and oxygen atoms in total. The van der Waals surface area contributed by atoms with Crippen molar-refractivity contribution in [2.45, 2.75) is 6.54 Å². The van der Waals surface area contributed by atoms with Crippen molar-refractivity contribution in [2.24, 2.45) is 0 Å². The molecule has 0 aliphatic rings. The molecule has 80 valence electrons. The lowest BCUT2D eigenvalue weighted by atomic mass is 10.2. The monoisotopic (exact) mass is 230 g/mol. The third-order valence-corrected chi connectivity index (χ3v) is 3.15. The van der Waals surface area contributed by atoms with Crippen LogP contribution < -0.4 is 5.32 Å². The third kappa shape index (κ3) is 1.67. The van der Waals surface area contributed by atoms with Crippen LogP contribution in [0.5, 0.6) is 0 Å². The van der Waals surface area contributed by atoms with Crippen LogP contribution in [0.2, 0.25) is 0 Å². The highest BCUT2D eigenvalue weighted by molar-refractivity contribution is 7.13. The van der Waals surface area contributed by atoms with Gasteiger partial charge in [0.2, 0.25) is 0 Å². The summed E-state index contributed by atoms with van der Waals surface area (Å²) in [4.78, 5) is 4.17. The molecule has 16 heavy (non-hydrogen) atoms. The molecule has 0 spiro atoms. The fourth-order valence-electron chi connectivity index (χ4n) is 1.65. The van der Waals surface area contributed by atoms with Gasteiger partial charge in [0, 0.05) is 29.1 Å². The summed E-state index contributed by atoms with van der Waals surface area (Å²) in [5, 5.41) is 7.32. The number of para-hydroxylation sites is 1. The van der Waals surface area contributed by atoms with Gasteiger partial charge in [0.1, 0.15) is 5.58 Å². The number of anilines is 1. The molecular weight excluding hydrogens is 220 g/mol. The van der Waals surface area contributed by atoms with Crippen molar-refractivity contribution in [1.82, 2.24) is 4.98 Å². The van der Waals surface area contributed by atoms with Crippen LogP contribution in [0.4, 0.5) is 5.13 Å². The molecular formula is C12H10N2OS. The maximum absolute atomic E-state index is 5.46. The van der Waals surface area contributed by atoms with Gasteiger partial charge in [-0.1, -0.05) is 18.2 Å². The average Bonchev–Trinajstić information content (AvgIpc) is 2.96. The lowest BCUT2D eigenvalue weighted by Gasteiger charge is -1.99. The van der Waals surface area contributed by atoms with E-state index in [-0.39, 0.29) is 0 Å². The van der Waals surface area contributed by atoms with E-state index in [1.807, 2.05) is 23.6 Å². The molecule has 0 saturated heterocycles. The van der Waals surface area contributed by atoms with Crippen molar-refractivity contribution in [3.8, 4) is 0 Å². The second-order valence-electron chi connectivity index (χ2n) is 3.45. The number of nitrogens with zero attached hydrogens (tertiary/aromatic N) is 1. The molecule has 0 fully saturated rings. The van der Waals surface area contributed by atoms with Gasteiger partial charge in [-0.25, -0.2) is 4.98 Å². The Bertz CT molecular complexity index is 586. The molecule has 2 aromatic heterocycles. The zero-order valence-electron chi connectivity index (χ0n) is 8.51. The van der Waals surface area contributed by atoms with Crippen LogP contribution in [-0.4, -0.2) is 4.98 Å². The predicted molar refractivity (Wildman–Crippen MR) is 65.7 cm³/mol. The van der Waals surface area contributed by atoms with E-state index in [0.717, 1.165) is 28.2 Å². The highest BCUT2D eigenvalue weighted by atomic mass is 32.1. The molecule has 0 saturated carbocycles. The van der Waals surface area contributed by atoms with E-state index in [4.69, 9.17) is 4.42 Å². The molecule has 4 heteroatoms. The van der Waals surface area contributed by atoms with Gasteiger partial charge in [0.15, 0.2) is 5.13 Å². The number of thiazole rings is 1. The maximum Gasteiger partial charge on any atom is 0.182 e. The minimum absolute atomic E-state index is 0.741. The van der Waals surface area contributed by atoms with E-state index < -0.39 is 0 Å². The Morgan fingerprint density at radius 2 is 2.25 bits per heavy atom. The molecule has 2 heterocycles. The number of furan rings is 1. The summed E-state index contributed by atoms with van der Waals surface area (Å²) in [6, 6.07) is 8.04. The molecule has 0 aliphatic carbocycles. The van der Waals surface area contributed by atoms with Crippen molar-refractivity contribution < 1.29 is 4.42 Å². The molecule has 3 aromatic rings. The van der Waals surface area contributed by atoms with E-state index in [2.05, 4.69) is 16.4 Å². The first-order chi connectivity index (χ1) is 7.93. The number of fused-ring (bicyclic) bond motifs is 1.